The summed E-state index contributed by atoms with van der Waals surface area (Å²) in [5.74, 6) is -0.621. The number of carboxylic acids is 1. The van der Waals surface area contributed by atoms with Crippen molar-refractivity contribution in [3.8, 4) is 0 Å². The highest BCUT2D eigenvalue weighted by Gasteiger charge is 2.58. The van der Waals surface area contributed by atoms with Crippen molar-refractivity contribution in [1.82, 2.24) is 9.80 Å². The Morgan fingerprint density at radius 3 is 2.12 bits per heavy atom. The fourth-order valence-electron chi connectivity index (χ4n) is 3.64. The Kier molecular flexibility index (Phi) is 3.21. The molecule has 98 valence electrons. The zero-order chi connectivity index (χ0) is 12.7. The lowest BCUT2D eigenvalue weighted by Gasteiger charge is -2.49. The van der Waals surface area contributed by atoms with Crippen LogP contribution in [-0.2, 0) is 4.79 Å². The third-order valence-corrected chi connectivity index (χ3v) is 4.86. The van der Waals surface area contributed by atoms with Gasteiger partial charge in [-0.05, 0) is 25.3 Å². The molecule has 4 heteroatoms. The molecule has 2 fully saturated rings. The minimum absolute atomic E-state index is 0.116. The number of carbonyl (C=O) groups is 1. The SMILES string of the molecule is CN1CCN(C2(C(=O)O)CCCC2(C)C)CC1. The molecule has 1 saturated heterocycles. The van der Waals surface area contributed by atoms with E-state index in [0.29, 0.717) is 0 Å². The summed E-state index contributed by atoms with van der Waals surface area (Å²) in [6.45, 7) is 7.95. The van der Waals surface area contributed by atoms with Crippen LogP contribution < -0.4 is 0 Å². The van der Waals surface area contributed by atoms with Crippen molar-refractivity contribution in [2.45, 2.75) is 38.6 Å². The highest BCUT2D eigenvalue weighted by atomic mass is 16.4. The standard InChI is InChI=1S/C13H24N2O2/c1-12(2)5-4-6-13(12,11(16)17)15-9-7-14(3)8-10-15/h4-10H2,1-3H3,(H,16,17). The summed E-state index contributed by atoms with van der Waals surface area (Å²) in [5, 5.41) is 9.76. The molecule has 0 aromatic carbocycles. The lowest BCUT2D eigenvalue weighted by Crippen LogP contribution is -2.64. The first-order chi connectivity index (χ1) is 7.90. The van der Waals surface area contributed by atoms with Crippen LogP contribution in [0.2, 0.25) is 0 Å². The van der Waals surface area contributed by atoms with Crippen LogP contribution in [0.3, 0.4) is 0 Å². The number of hydrogen-bond acceptors (Lipinski definition) is 3. The van der Waals surface area contributed by atoms with Crippen molar-refractivity contribution < 1.29 is 9.90 Å². The second-order valence-corrected chi connectivity index (χ2v) is 6.19. The van der Waals surface area contributed by atoms with E-state index >= 15 is 0 Å². The van der Waals surface area contributed by atoms with Crippen molar-refractivity contribution in [3.63, 3.8) is 0 Å². The first kappa shape index (κ1) is 12.8. The molecule has 0 aromatic heterocycles. The van der Waals surface area contributed by atoms with E-state index in [1.165, 1.54) is 0 Å². The van der Waals surface area contributed by atoms with E-state index in [-0.39, 0.29) is 5.41 Å². The Morgan fingerprint density at radius 2 is 1.71 bits per heavy atom. The van der Waals surface area contributed by atoms with Gasteiger partial charge in [-0.25, -0.2) is 0 Å². The maximum atomic E-state index is 11.9. The highest BCUT2D eigenvalue weighted by molar-refractivity contribution is 5.80. The van der Waals surface area contributed by atoms with E-state index in [0.717, 1.165) is 45.4 Å². The van der Waals surface area contributed by atoms with Gasteiger partial charge in [-0.1, -0.05) is 20.3 Å². The molecule has 2 rings (SSSR count). The van der Waals surface area contributed by atoms with Crippen molar-refractivity contribution in [3.05, 3.63) is 0 Å². The second kappa shape index (κ2) is 4.25. The molecule has 1 unspecified atom stereocenters. The average Bonchev–Trinajstić information content (AvgIpc) is 2.56. The molecule has 1 atom stereocenters. The summed E-state index contributed by atoms with van der Waals surface area (Å²) in [4.78, 5) is 16.4. The summed E-state index contributed by atoms with van der Waals surface area (Å²) in [6.07, 6.45) is 2.86. The molecule has 0 aromatic rings. The minimum Gasteiger partial charge on any atom is -0.480 e. The van der Waals surface area contributed by atoms with Crippen LogP contribution in [0.5, 0.6) is 0 Å². The van der Waals surface area contributed by atoms with Gasteiger partial charge in [0.25, 0.3) is 0 Å². The Bertz CT molecular complexity index is 309. The van der Waals surface area contributed by atoms with Crippen molar-refractivity contribution >= 4 is 5.97 Å². The van der Waals surface area contributed by atoms with Gasteiger partial charge >= 0.3 is 5.97 Å². The Hall–Kier alpha value is -0.610. The van der Waals surface area contributed by atoms with E-state index in [1.54, 1.807) is 0 Å². The number of hydrogen-bond donors (Lipinski definition) is 1. The molecule has 1 saturated carbocycles. The first-order valence-corrected chi connectivity index (χ1v) is 6.57. The maximum absolute atomic E-state index is 11.9. The summed E-state index contributed by atoms with van der Waals surface area (Å²) < 4.78 is 0. The van der Waals surface area contributed by atoms with Gasteiger partial charge in [0.1, 0.15) is 5.54 Å². The topological polar surface area (TPSA) is 43.8 Å². The van der Waals surface area contributed by atoms with Crippen LogP contribution in [0, 0.1) is 5.41 Å². The quantitative estimate of drug-likeness (QED) is 0.789. The van der Waals surface area contributed by atoms with E-state index in [4.69, 9.17) is 0 Å². The molecule has 1 N–H and O–H groups in total. The third-order valence-electron chi connectivity index (χ3n) is 4.86. The predicted molar refractivity (Wildman–Crippen MR) is 67.1 cm³/mol. The molecule has 0 bridgehead atoms. The van der Waals surface area contributed by atoms with E-state index in [9.17, 15) is 9.90 Å². The molecular weight excluding hydrogens is 216 g/mol. The van der Waals surface area contributed by atoms with Crippen LogP contribution in [0.25, 0.3) is 0 Å². The van der Waals surface area contributed by atoms with Crippen LogP contribution in [0.4, 0.5) is 0 Å². The fourth-order valence-corrected chi connectivity index (χ4v) is 3.64. The van der Waals surface area contributed by atoms with Gasteiger partial charge in [0.2, 0.25) is 0 Å². The zero-order valence-electron chi connectivity index (χ0n) is 11.2. The molecule has 0 spiro atoms. The van der Waals surface area contributed by atoms with E-state index in [2.05, 4.69) is 30.7 Å². The molecule has 0 radical (unpaired) electrons. The number of likely N-dealkylation sites (N-methyl/N-ethyl adjacent to an activating group) is 1. The third kappa shape index (κ3) is 1.87. The Labute approximate surface area is 104 Å². The van der Waals surface area contributed by atoms with Gasteiger partial charge < -0.3 is 10.0 Å². The predicted octanol–water partition coefficient (Wildman–Crippen LogP) is 1.27. The smallest absolute Gasteiger partial charge is 0.324 e. The van der Waals surface area contributed by atoms with Gasteiger partial charge in [-0.2, -0.15) is 0 Å². The minimum atomic E-state index is -0.631. The Balaban J connectivity index is 2.26. The van der Waals surface area contributed by atoms with Gasteiger partial charge in [0.05, 0.1) is 0 Å². The molecule has 1 aliphatic carbocycles. The van der Waals surface area contributed by atoms with Crippen LogP contribution in [0.1, 0.15) is 33.1 Å². The summed E-state index contributed by atoms with van der Waals surface area (Å²) in [6, 6.07) is 0. The summed E-state index contributed by atoms with van der Waals surface area (Å²) >= 11 is 0. The first-order valence-electron chi connectivity index (χ1n) is 6.57. The number of piperazine rings is 1. The van der Waals surface area contributed by atoms with Gasteiger partial charge in [0.15, 0.2) is 0 Å². The monoisotopic (exact) mass is 240 g/mol. The molecule has 1 heterocycles. The number of carboxylic acid groups (broad SMARTS) is 1. The molecule has 1 aliphatic heterocycles. The lowest BCUT2D eigenvalue weighted by molar-refractivity contribution is -0.160. The second-order valence-electron chi connectivity index (χ2n) is 6.19. The average molecular weight is 240 g/mol. The van der Waals surface area contributed by atoms with Crippen molar-refractivity contribution in [2.75, 3.05) is 33.2 Å². The van der Waals surface area contributed by atoms with Gasteiger partial charge in [-0.3, -0.25) is 9.69 Å². The highest BCUT2D eigenvalue weighted by Crippen LogP contribution is 2.50. The zero-order valence-corrected chi connectivity index (χ0v) is 11.2. The van der Waals surface area contributed by atoms with Crippen LogP contribution in [-0.4, -0.2) is 59.6 Å². The van der Waals surface area contributed by atoms with Crippen molar-refractivity contribution in [2.24, 2.45) is 5.41 Å². The number of rotatable bonds is 2. The number of aliphatic carboxylic acids is 1. The largest absolute Gasteiger partial charge is 0.480 e. The molecule has 2 aliphatic rings. The van der Waals surface area contributed by atoms with E-state index in [1.807, 2.05) is 0 Å². The van der Waals surface area contributed by atoms with E-state index < -0.39 is 11.5 Å². The molecule has 0 amide bonds. The molecule has 17 heavy (non-hydrogen) atoms. The lowest BCUT2D eigenvalue weighted by atomic mass is 9.73. The normalized spacial score (nSPS) is 35.0. The molecule has 4 nitrogen and oxygen atoms in total. The summed E-state index contributed by atoms with van der Waals surface area (Å²) in [5.41, 5.74) is -0.747. The Morgan fingerprint density at radius 1 is 1.12 bits per heavy atom. The molecular formula is C13H24N2O2. The van der Waals surface area contributed by atoms with Crippen molar-refractivity contribution in [1.29, 1.82) is 0 Å². The van der Waals surface area contributed by atoms with Crippen LogP contribution >= 0.6 is 0 Å². The van der Waals surface area contributed by atoms with Crippen LogP contribution in [0.15, 0.2) is 0 Å². The van der Waals surface area contributed by atoms with Gasteiger partial charge in [0, 0.05) is 26.2 Å². The maximum Gasteiger partial charge on any atom is 0.324 e. The fraction of sp³-hybridized carbons (Fsp3) is 0.923. The number of nitrogens with zero attached hydrogens (tertiary/aromatic N) is 2. The van der Waals surface area contributed by atoms with Gasteiger partial charge in [-0.15, -0.1) is 0 Å². The summed E-state index contributed by atoms with van der Waals surface area (Å²) in [7, 11) is 2.10.